The third kappa shape index (κ3) is 3.61. The Bertz CT molecular complexity index is 974. The molecule has 0 spiro atoms. The Hall–Kier alpha value is -3.08. The summed E-state index contributed by atoms with van der Waals surface area (Å²) >= 11 is 0. The van der Waals surface area contributed by atoms with Crippen molar-refractivity contribution in [2.45, 2.75) is 13.5 Å². The largest absolute Gasteiger partial charge is 0.378 e. The molecule has 134 valence electrons. The van der Waals surface area contributed by atoms with E-state index < -0.39 is 0 Å². The first kappa shape index (κ1) is 17.7. The summed E-state index contributed by atoms with van der Waals surface area (Å²) in [4.78, 5) is 31.6. The molecule has 0 fully saturated rings. The number of benzene rings is 2. The minimum atomic E-state index is -0.238. The quantitative estimate of drug-likeness (QED) is 0.769. The van der Waals surface area contributed by atoms with Gasteiger partial charge in [0.25, 0.3) is 11.5 Å². The molecule has 3 rings (SSSR count). The van der Waals surface area contributed by atoms with Gasteiger partial charge >= 0.3 is 0 Å². The van der Waals surface area contributed by atoms with Crippen LogP contribution in [0.3, 0.4) is 0 Å². The highest BCUT2D eigenvalue weighted by Crippen LogP contribution is 2.16. The van der Waals surface area contributed by atoms with E-state index in [1.54, 1.807) is 17.0 Å². The standard InChI is InChI=1S/C21H23N3O2/c1-4-24(14-15-9-11-17(12-10-15)23(2)3)21(26)19-13-16-7-5-6-8-18(16)20(25)22-19/h5-13H,4,14H2,1-3H3,(H,22,25). The number of anilines is 1. The molecule has 0 aliphatic rings. The van der Waals surface area contributed by atoms with Crippen LogP contribution >= 0.6 is 0 Å². The van der Waals surface area contributed by atoms with Gasteiger partial charge in [0.05, 0.1) is 0 Å². The van der Waals surface area contributed by atoms with E-state index in [1.807, 2.05) is 68.4 Å². The first-order chi connectivity index (χ1) is 12.5. The molecule has 5 heteroatoms. The fraction of sp³-hybridized carbons (Fsp3) is 0.238. The number of aromatic amines is 1. The Kier molecular flexibility index (Phi) is 5.07. The van der Waals surface area contributed by atoms with Gasteiger partial charge in [0.1, 0.15) is 5.69 Å². The van der Waals surface area contributed by atoms with Crippen molar-refractivity contribution in [1.82, 2.24) is 9.88 Å². The van der Waals surface area contributed by atoms with E-state index in [-0.39, 0.29) is 11.5 Å². The van der Waals surface area contributed by atoms with Crippen molar-refractivity contribution in [3.63, 3.8) is 0 Å². The molecule has 0 bridgehead atoms. The van der Waals surface area contributed by atoms with E-state index in [9.17, 15) is 9.59 Å². The average molecular weight is 349 g/mol. The maximum atomic E-state index is 12.9. The van der Waals surface area contributed by atoms with Crippen molar-refractivity contribution >= 4 is 22.4 Å². The maximum Gasteiger partial charge on any atom is 0.270 e. The zero-order valence-electron chi connectivity index (χ0n) is 15.3. The van der Waals surface area contributed by atoms with E-state index in [4.69, 9.17) is 0 Å². The summed E-state index contributed by atoms with van der Waals surface area (Å²) in [6.45, 7) is 2.99. The third-order valence-corrected chi connectivity index (χ3v) is 4.48. The number of H-pyrrole nitrogens is 1. The number of amides is 1. The lowest BCUT2D eigenvalue weighted by atomic mass is 10.1. The number of carbonyl (C=O) groups is 1. The molecule has 0 radical (unpaired) electrons. The van der Waals surface area contributed by atoms with Gasteiger partial charge in [-0.15, -0.1) is 0 Å². The average Bonchev–Trinajstić information content (AvgIpc) is 2.66. The van der Waals surface area contributed by atoms with E-state index >= 15 is 0 Å². The molecule has 3 aromatic rings. The summed E-state index contributed by atoms with van der Waals surface area (Å²) in [5.74, 6) is -0.174. The third-order valence-electron chi connectivity index (χ3n) is 4.48. The summed E-state index contributed by atoms with van der Waals surface area (Å²) in [6.07, 6.45) is 0. The second-order valence-corrected chi connectivity index (χ2v) is 6.48. The highest BCUT2D eigenvalue weighted by molar-refractivity contribution is 5.96. The van der Waals surface area contributed by atoms with Gasteiger partial charge in [0, 0.05) is 38.3 Å². The summed E-state index contributed by atoms with van der Waals surface area (Å²) in [5, 5.41) is 1.36. The van der Waals surface area contributed by atoms with Crippen LogP contribution in [0.5, 0.6) is 0 Å². The zero-order valence-corrected chi connectivity index (χ0v) is 15.3. The number of fused-ring (bicyclic) bond motifs is 1. The van der Waals surface area contributed by atoms with Crippen molar-refractivity contribution < 1.29 is 4.79 Å². The monoisotopic (exact) mass is 349 g/mol. The van der Waals surface area contributed by atoms with Gasteiger partial charge in [0.15, 0.2) is 0 Å². The number of aromatic nitrogens is 1. The van der Waals surface area contributed by atoms with Crippen molar-refractivity contribution in [2.75, 3.05) is 25.5 Å². The van der Waals surface area contributed by atoms with Crippen LogP contribution in [0.15, 0.2) is 59.4 Å². The molecule has 1 amide bonds. The van der Waals surface area contributed by atoms with Gasteiger partial charge < -0.3 is 14.8 Å². The Labute approximate surface area is 152 Å². The highest BCUT2D eigenvalue weighted by atomic mass is 16.2. The first-order valence-corrected chi connectivity index (χ1v) is 8.67. The minimum absolute atomic E-state index is 0.174. The number of hydrogen-bond donors (Lipinski definition) is 1. The van der Waals surface area contributed by atoms with Crippen LogP contribution in [0, 0.1) is 0 Å². The number of carbonyl (C=O) groups excluding carboxylic acids is 1. The van der Waals surface area contributed by atoms with Gasteiger partial charge in [0.2, 0.25) is 0 Å². The minimum Gasteiger partial charge on any atom is -0.378 e. The van der Waals surface area contributed by atoms with Crippen LogP contribution in [0.4, 0.5) is 5.69 Å². The van der Waals surface area contributed by atoms with Crippen LogP contribution in [-0.2, 0) is 6.54 Å². The molecule has 0 aliphatic carbocycles. The zero-order chi connectivity index (χ0) is 18.7. The molecule has 1 N–H and O–H groups in total. The maximum absolute atomic E-state index is 12.9. The number of nitrogens with one attached hydrogen (secondary N) is 1. The topological polar surface area (TPSA) is 56.4 Å². The van der Waals surface area contributed by atoms with Crippen LogP contribution in [-0.4, -0.2) is 36.4 Å². The second-order valence-electron chi connectivity index (χ2n) is 6.48. The van der Waals surface area contributed by atoms with Crippen LogP contribution in [0.25, 0.3) is 10.8 Å². The predicted molar refractivity (Wildman–Crippen MR) is 106 cm³/mol. The number of nitrogens with zero attached hydrogens (tertiary/aromatic N) is 2. The van der Waals surface area contributed by atoms with Crippen LogP contribution in [0.2, 0.25) is 0 Å². The number of hydrogen-bond acceptors (Lipinski definition) is 3. The summed E-state index contributed by atoms with van der Waals surface area (Å²) in [7, 11) is 3.99. The fourth-order valence-electron chi connectivity index (χ4n) is 2.94. The van der Waals surface area contributed by atoms with Crippen molar-refractivity contribution in [2.24, 2.45) is 0 Å². The Morgan fingerprint density at radius 3 is 2.38 bits per heavy atom. The number of rotatable bonds is 5. The van der Waals surface area contributed by atoms with Crippen molar-refractivity contribution in [3.8, 4) is 0 Å². The highest BCUT2D eigenvalue weighted by Gasteiger charge is 2.16. The van der Waals surface area contributed by atoms with E-state index in [1.165, 1.54) is 0 Å². The molecule has 0 atom stereocenters. The van der Waals surface area contributed by atoms with Crippen molar-refractivity contribution in [3.05, 3.63) is 76.2 Å². The Morgan fingerprint density at radius 2 is 1.73 bits per heavy atom. The van der Waals surface area contributed by atoms with Crippen molar-refractivity contribution in [1.29, 1.82) is 0 Å². The van der Waals surface area contributed by atoms with Gasteiger partial charge in [-0.3, -0.25) is 9.59 Å². The van der Waals surface area contributed by atoms with E-state index in [0.29, 0.717) is 24.2 Å². The lowest BCUT2D eigenvalue weighted by molar-refractivity contribution is 0.0746. The summed E-state index contributed by atoms with van der Waals surface area (Å²) < 4.78 is 0. The SMILES string of the molecule is CCN(Cc1ccc(N(C)C)cc1)C(=O)c1cc2ccccc2c(=O)[nH]1. The molecule has 0 saturated heterocycles. The smallest absolute Gasteiger partial charge is 0.270 e. The Balaban J connectivity index is 1.86. The first-order valence-electron chi connectivity index (χ1n) is 8.67. The van der Waals surface area contributed by atoms with Crippen LogP contribution < -0.4 is 10.5 Å². The van der Waals surface area contributed by atoms with Crippen LogP contribution in [0.1, 0.15) is 23.0 Å². The molecule has 26 heavy (non-hydrogen) atoms. The number of pyridine rings is 1. The molecule has 1 heterocycles. The molecular formula is C21H23N3O2. The van der Waals surface area contributed by atoms with Gasteiger partial charge in [-0.2, -0.15) is 0 Å². The molecule has 1 aromatic heterocycles. The van der Waals surface area contributed by atoms with E-state index in [2.05, 4.69) is 4.98 Å². The van der Waals surface area contributed by atoms with Gasteiger partial charge in [-0.1, -0.05) is 30.3 Å². The van der Waals surface area contributed by atoms with E-state index in [0.717, 1.165) is 16.6 Å². The molecule has 0 saturated carbocycles. The molecule has 5 nitrogen and oxygen atoms in total. The summed E-state index contributed by atoms with van der Waals surface area (Å²) in [5.41, 5.74) is 2.24. The second kappa shape index (κ2) is 7.44. The molecule has 0 unspecified atom stereocenters. The molecule has 2 aromatic carbocycles. The molecule has 0 aliphatic heterocycles. The normalized spacial score (nSPS) is 10.7. The summed E-state index contributed by atoms with van der Waals surface area (Å²) in [6, 6.07) is 17.1. The van der Waals surface area contributed by atoms with Gasteiger partial charge in [-0.05, 0) is 42.1 Å². The fourth-order valence-corrected chi connectivity index (χ4v) is 2.94. The predicted octanol–water partition coefficient (Wildman–Crippen LogP) is 3.26. The lowest BCUT2D eigenvalue weighted by Crippen LogP contribution is -2.32. The molecular weight excluding hydrogens is 326 g/mol. The Morgan fingerprint density at radius 1 is 1.04 bits per heavy atom. The van der Waals surface area contributed by atoms with Gasteiger partial charge in [-0.25, -0.2) is 0 Å². The lowest BCUT2D eigenvalue weighted by Gasteiger charge is -2.21.